The highest BCUT2D eigenvalue weighted by atomic mass is 19.1. The summed E-state index contributed by atoms with van der Waals surface area (Å²) in [5.74, 6) is -0.605. The molecule has 0 aliphatic rings. The van der Waals surface area contributed by atoms with Gasteiger partial charge in [0.1, 0.15) is 5.82 Å². The molecule has 20 heavy (non-hydrogen) atoms. The van der Waals surface area contributed by atoms with Gasteiger partial charge in [0.25, 0.3) is 0 Å². The zero-order valence-corrected chi connectivity index (χ0v) is 12.8. The molecule has 0 radical (unpaired) electrons. The summed E-state index contributed by atoms with van der Waals surface area (Å²) in [5, 5.41) is 3.29. The molecule has 112 valence electrons. The lowest BCUT2D eigenvalue weighted by atomic mass is 9.92. The first-order chi connectivity index (χ1) is 9.15. The van der Waals surface area contributed by atoms with Gasteiger partial charge in [-0.2, -0.15) is 0 Å². The average molecular weight is 281 g/mol. The Morgan fingerprint density at radius 2 is 2.05 bits per heavy atom. The van der Waals surface area contributed by atoms with Crippen LogP contribution in [0, 0.1) is 11.2 Å². The van der Waals surface area contributed by atoms with Crippen molar-refractivity contribution in [2.45, 2.75) is 26.8 Å². The molecule has 0 aliphatic carbocycles. The predicted octanol–water partition coefficient (Wildman–Crippen LogP) is 2.05. The van der Waals surface area contributed by atoms with Crippen molar-refractivity contribution >= 4 is 11.6 Å². The van der Waals surface area contributed by atoms with Crippen LogP contribution in [-0.2, 0) is 4.79 Å². The van der Waals surface area contributed by atoms with Crippen LogP contribution >= 0.6 is 0 Å². The van der Waals surface area contributed by atoms with Crippen molar-refractivity contribution in [1.29, 1.82) is 0 Å². The zero-order valence-electron chi connectivity index (χ0n) is 12.8. The summed E-state index contributed by atoms with van der Waals surface area (Å²) in [7, 11) is 3.75. The molecule has 0 saturated carbocycles. The molecule has 1 rings (SSSR count). The van der Waals surface area contributed by atoms with E-state index < -0.39 is 5.41 Å². The maximum Gasteiger partial charge on any atom is 0.224 e. The summed E-state index contributed by atoms with van der Waals surface area (Å²) >= 11 is 0. The Morgan fingerprint density at radius 1 is 1.45 bits per heavy atom. The van der Waals surface area contributed by atoms with Crippen LogP contribution in [0.2, 0.25) is 0 Å². The van der Waals surface area contributed by atoms with Gasteiger partial charge in [-0.15, -0.1) is 0 Å². The third kappa shape index (κ3) is 3.93. The lowest BCUT2D eigenvalue weighted by Crippen LogP contribution is -2.41. The molecule has 1 aromatic rings. The number of carbonyl (C=O) groups is 1. The zero-order chi connectivity index (χ0) is 15.5. The Morgan fingerprint density at radius 3 is 2.55 bits per heavy atom. The molecule has 1 amide bonds. The minimum absolute atomic E-state index is 0.00775. The Kier molecular flexibility index (Phi) is 5.11. The highest BCUT2D eigenvalue weighted by Gasteiger charge is 2.25. The van der Waals surface area contributed by atoms with Crippen LogP contribution in [-0.4, -0.2) is 26.5 Å². The van der Waals surface area contributed by atoms with Crippen LogP contribution in [0.4, 0.5) is 10.1 Å². The number of hydrogen-bond acceptors (Lipinski definition) is 3. The van der Waals surface area contributed by atoms with E-state index in [0.29, 0.717) is 6.54 Å². The third-order valence-corrected chi connectivity index (χ3v) is 3.46. The van der Waals surface area contributed by atoms with Gasteiger partial charge in [-0.05, 0) is 38.5 Å². The topological polar surface area (TPSA) is 58.4 Å². The van der Waals surface area contributed by atoms with Crippen molar-refractivity contribution in [3.63, 3.8) is 0 Å². The van der Waals surface area contributed by atoms with E-state index in [1.165, 1.54) is 12.1 Å². The Bertz CT molecular complexity index is 486. The Balaban J connectivity index is 2.88. The smallest absolute Gasteiger partial charge is 0.224 e. The second kappa shape index (κ2) is 6.22. The summed E-state index contributed by atoms with van der Waals surface area (Å²) in [6.07, 6.45) is 0. The highest BCUT2D eigenvalue weighted by molar-refractivity contribution is 5.80. The number of carbonyl (C=O) groups excluding carboxylic acids is 1. The molecular weight excluding hydrogens is 257 g/mol. The second-order valence-corrected chi connectivity index (χ2v) is 5.95. The van der Waals surface area contributed by atoms with Crippen LogP contribution < -0.4 is 16.0 Å². The number of primary amides is 1. The van der Waals surface area contributed by atoms with Crippen molar-refractivity contribution < 1.29 is 9.18 Å². The normalized spacial score (nSPS) is 13.1. The van der Waals surface area contributed by atoms with Gasteiger partial charge in [0.15, 0.2) is 0 Å². The predicted molar refractivity (Wildman–Crippen MR) is 80.1 cm³/mol. The molecule has 0 aliphatic heterocycles. The van der Waals surface area contributed by atoms with E-state index in [4.69, 9.17) is 5.73 Å². The number of halogens is 1. The van der Waals surface area contributed by atoms with Crippen LogP contribution in [0.15, 0.2) is 18.2 Å². The minimum atomic E-state index is -0.618. The molecule has 0 fully saturated rings. The SMILES string of the molecule is C[C@H](NCC(C)(C)C(N)=O)c1ccc(F)cc1N(C)C. The maximum atomic E-state index is 13.3. The van der Waals surface area contributed by atoms with Crippen molar-refractivity contribution in [1.82, 2.24) is 5.32 Å². The van der Waals surface area contributed by atoms with Gasteiger partial charge in [-0.25, -0.2) is 4.39 Å². The van der Waals surface area contributed by atoms with Crippen LogP contribution in [0.25, 0.3) is 0 Å². The summed E-state index contributed by atoms with van der Waals surface area (Å²) in [4.78, 5) is 13.2. The molecular formula is C15H24FN3O. The fourth-order valence-electron chi connectivity index (χ4n) is 1.88. The molecule has 0 saturated heterocycles. The molecule has 4 nitrogen and oxygen atoms in total. The number of nitrogens with zero attached hydrogens (tertiary/aromatic N) is 1. The molecule has 1 aromatic carbocycles. The first kappa shape index (κ1) is 16.4. The van der Waals surface area contributed by atoms with Gasteiger partial charge in [0.2, 0.25) is 5.91 Å². The minimum Gasteiger partial charge on any atom is -0.377 e. The Labute approximate surface area is 120 Å². The van der Waals surface area contributed by atoms with Crippen molar-refractivity contribution in [3.8, 4) is 0 Å². The lowest BCUT2D eigenvalue weighted by molar-refractivity contribution is -0.125. The van der Waals surface area contributed by atoms with E-state index in [-0.39, 0.29) is 17.8 Å². The van der Waals surface area contributed by atoms with Gasteiger partial charge < -0.3 is 16.0 Å². The standard InChI is InChI=1S/C15H24FN3O/c1-10(18-9-15(2,3)14(17)20)12-7-6-11(16)8-13(12)19(4)5/h6-8,10,18H,9H2,1-5H3,(H2,17,20)/t10-/m0/s1. The van der Waals surface area contributed by atoms with E-state index in [1.54, 1.807) is 19.9 Å². The van der Waals surface area contributed by atoms with Gasteiger partial charge in [-0.1, -0.05) is 6.07 Å². The number of hydrogen-bond donors (Lipinski definition) is 2. The molecule has 1 atom stereocenters. The second-order valence-electron chi connectivity index (χ2n) is 5.95. The molecule has 0 unspecified atom stereocenters. The number of anilines is 1. The van der Waals surface area contributed by atoms with Crippen LogP contribution in [0.5, 0.6) is 0 Å². The fourth-order valence-corrected chi connectivity index (χ4v) is 1.88. The number of rotatable bonds is 6. The molecule has 0 spiro atoms. The maximum absolute atomic E-state index is 13.3. The first-order valence-electron chi connectivity index (χ1n) is 6.65. The number of nitrogens with two attached hydrogens (primary N) is 1. The quantitative estimate of drug-likeness (QED) is 0.839. The van der Waals surface area contributed by atoms with E-state index in [0.717, 1.165) is 11.3 Å². The van der Waals surface area contributed by atoms with E-state index in [2.05, 4.69) is 5.32 Å². The number of benzene rings is 1. The summed E-state index contributed by atoms with van der Waals surface area (Å²) in [6, 6.07) is 4.71. The van der Waals surface area contributed by atoms with Crippen molar-refractivity contribution in [2.24, 2.45) is 11.1 Å². The van der Waals surface area contributed by atoms with E-state index >= 15 is 0 Å². The highest BCUT2D eigenvalue weighted by Crippen LogP contribution is 2.26. The van der Waals surface area contributed by atoms with E-state index in [9.17, 15) is 9.18 Å². The largest absolute Gasteiger partial charge is 0.377 e. The number of amides is 1. The van der Waals surface area contributed by atoms with Crippen molar-refractivity contribution in [2.75, 3.05) is 25.5 Å². The van der Waals surface area contributed by atoms with Crippen LogP contribution in [0.1, 0.15) is 32.4 Å². The fraction of sp³-hybridized carbons (Fsp3) is 0.533. The summed E-state index contributed by atoms with van der Waals surface area (Å²) < 4.78 is 13.3. The van der Waals surface area contributed by atoms with Gasteiger partial charge >= 0.3 is 0 Å². The molecule has 0 bridgehead atoms. The van der Waals surface area contributed by atoms with Gasteiger partial charge in [-0.3, -0.25) is 4.79 Å². The third-order valence-electron chi connectivity index (χ3n) is 3.46. The Hall–Kier alpha value is -1.62. The van der Waals surface area contributed by atoms with Gasteiger partial charge in [0, 0.05) is 32.4 Å². The van der Waals surface area contributed by atoms with Gasteiger partial charge in [0.05, 0.1) is 5.41 Å². The monoisotopic (exact) mass is 281 g/mol. The lowest BCUT2D eigenvalue weighted by Gasteiger charge is -2.26. The summed E-state index contributed by atoms with van der Waals surface area (Å²) in [6.45, 7) is 6.05. The average Bonchev–Trinajstić information content (AvgIpc) is 2.35. The first-order valence-corrected chi connectivity index (χ1v) is 6.65. The molecule has 3 N–H and O–H groups in total. The molecule has 0 heterocycles. The van der Waals surface area contributed by atoms with Crippen LogP contribution in [0.3, 0.4) is 0 Å². The molecule has 0 aromatic heterocycles. The van der Waals surface area contributed by atoms with E-state index in [1.807, 2.05) is 25.9 Å². The molecule has 5 heteroatoms. The van der Waals surface area contributed by atoms with Crippen molar-refractivity contribution in [3.05, 3.63) is 29.6 Å². The summed E-state index contributed by atoms with van der Waals surface area (Å²) in [5.41, 5.74) is 6.54. The number of nitrogens with one attached hydrogen (secondary N) is 1.